The number of aliphatic carboxylic acids is 1. The Morgan fingerprint density at radius 3 is 2.52 bits per heavy atom. The number of methoxy groups -OCH3 is 1. The summed E-state index contributed by atoms with van der Waals surface area (Å²) in [6.07, 6.45) is 1.14. The molecule has 1 amide bonds. The van der Waals surface area contributed by atoms with E-state index in [1.165, 1.54) is 7.11 Å². The van der Waals surface area contributed by atoms with Crippen molar-refractivity contribution in [3.05, 3.63) is 89.8 Å². The Kier molecular flexibility index (Phi) is 7.96. The number of rotatable bonds is 9. The van der Waals surface area contributed by atoms with Crippen LogP contribution in [0.5, 0.6) is 5.75 Å². The maximum absolute atomic E-state index is 13.2. The van der Waals surface area contributed by atoms with Crippen molar-refractivity contribution in [2.75, 3.05) is 62.0 Å². The number of benzene rings is 4. The van der Waals surface area contributed by atoms with E-state index in [0.717, 1.165) is 47.1 Å². The molecule has 3 aliphatic heterocycles. The molecule has 2 fully saturated rings. The van der Waals surface area contributed by atoms with Gasteiger partial charge < -0.3 is 39.3 Å². The summed E-state index contributed by atoms with van der Waals surface area (Å²) < 4.78 is 14.1. The molecule has 2 saturated heterocycles. The molecule has 0 unspecified atom stereocenters. The van der Waals surface area contributed by atoms with E-state index in [4.69, 9.17) is 14.3 Å². The zero-order valence-electron chi connectivity index (χ0n) is 26.6. The largest absolute Gasteiger partial charge is 0.545 e. The molecule has 11 nitrogen and oxygen atoms in total. The number of carbonyl (C=O) groups excluding carboxylic acids is 2. The van der Waals surface area contributed by atoms with Gasteiger partial charge in [0.15, 0.2) is 19.0 Å². The molecule has 244 valence electrons. The average Bonchev–Trinajstić information content (AvgIpc) is 3.01. The highest BCUT2D eigenvalue weighted by atomic mass is 16.5. The third-order valence-corrected chi connectivity index (χ3v) is 9.17. The van der Waals surface area contributed by atoms with Gasteiger partial charge in [-0.15, -0.1) is 0 Å². The smallest absolute Gasteiger partial charge is 0.323 e. The van der Waals surface area contributed by atoms with Gasteiger partial charge in [-0.3, -0.25) is 9.59 Å². The van der Waals surface area contributed by atoms with Crippen LogP contribution in [0, 0.1) is 5.92 Å². The molecule has 3 heterocycles. The number of nitrogens with zero attached hydrogens (tertiary/aromatic N) is 3. The Morgan fingerprint density at radius 1 is 1.02 bits per heavy atom. The molecule has 1 aliphatic carbocycles. The van der Waals surface area contributed by atoms with Crippen molar-refractivity contribution in [1.29, 1.82) is 0 Å². The molecule has 0 atom stereocenters. The molecule has 7 rings (SSSR count). The summed E-state index contributed by atoms with van der Waals surface area (Å²) in [4.78, 5) is 40.3. The van der Waals surface area contributed by atoms with Crippen molar-refractivity contribution in [3.8, 4) is 28.2 Å². The predicted molar refractivity (Wildman–Crippen MR) is 180 cm³/mol. The third kappa shape index (κ3) is 5.68. The summed E-state index contributed by atoms with van der Waals surface area (Å²) >= 11 is 0. The fourth-order valence-corrected chi connectivity index (χ4v) is 6.46. The molecular weight excluding hydrogens is 612 g/mol. The lowest BCUT2D eigenvalue weighted by atomic mass is 9.90. The first kappa shape index (κ1) is 30.8. The van der Waals surface area contributed by atoms with Crippen LogP contribution in [0.4, 0.5) is 17.1 Å². The van der Waals surface area contributed by atoms with E-state index < -0.39 is 11.9 Å². The number of carboxylic acid groups (broad SMARTS) is 2. The van der Waals surface area contributed by atoms with Crippen LogP contribution in [-0.4, -0.2) is 69.8 Å². The summed E-state index contributed by atoms with van der Waals surface area (Å²) in [5.74, 6) is -1.52. The van der Waals surface area contributed by atoms with E-state index in [1.807, 2.05) is 36.4 Å². The number of nitrogens with one attached hydrogen (secondary N) is 1. The zero-order chi connectivity index (χ0) is 33.5. The van der Waals surface area contributed by atoms with Crippen LogP contribution < -0.4 is 34.9 Å². The van der Waals surface area contributed by atoms with E-state index in [2.05, 4.69) is 20.9 Å². The predicted octanol–water partition coefficient (Wildman–Crippen LogP) is 3.35. The number of ether oxygens (including phenoxy) is 1. The molecule has 3 aromatic rings. The number of hydrogen-bond acceptors (Lipinski definition) is 8. The van der Waals surface area contributed by atoms with Crippen LogP contribution in [0.3, 0.4) is 0 Å². The molecule has 0 aromatic heterocycles. The number of anilines is 3. The number of carboxylic acids is 2. The molecule has 0 spiro atoms. The highest BCUT2D eigenvalue weighted by molar-refractivity contribution is 6.07. The molecular formula is C37H34N4O7. The Balaban J connectivity index is 1.19. The summed E-state index contributed by atoms with van der Waals surface area (Å²) in [7, 11) is 3.16. The van der Waals surface area contributed by atoms with E-state index in [9.17, 15) is 19.5 Å². The monoisotopic (exact) mass is 646 g/mol. The van der Waals surface area contributed by atoms with E-state index >= 15 is 0 Å². The molecule has 48 heavy (non-hydrogen) atoms. The second kappa shape index (κ2) is 12.4. The minimum Gasteiger partial charge on any atom is -0.545 e. The fourth-order valence-electron chi connectivity index (χ4n) is 6.46. The molecule has 0 saturated carbocycles. The van der Waals surface area contributed by atoms with Crippen molar-refractivity contribution < 1.29 is 33.8 Å². The van der Waals surface area contributed by atoms with Crippen LogP contribution in [0.1, 0.15) is 16.8 Å². The third-order valence-electron chi connectivity index (χ3n) is 9.17. The van der Waals surface area contributed by atoms with Crippen molar-refractivity contribution in [2.24, 2.45) is 5.92 Å². The molecule has 0 radical (unpaired) electrons. The Morgan fingerprint density at radius 2 is 1.81 bits per heavy atom. The lowest BCUT2D eigenvalue weighted by Gasteiger charge is -2.33. The van der Waals surface area contributed by atoms with Gasteiger partial charge in [0.2, 0.25) is 11.3 Å². The number of aromatic carboxylic acids is 1. The molecule has 3 aromatic carbocycles. The van der Waals surface area contributed by atoms with Gasteiger partial charge in [-0.05, 0) is 42.3 Å². The summed E-state index contributed by atoms with van der Waals surface area (Å²) in [6, 6.07) is 23.9. The normalized spacial score (nSPS) is 15.5. The van der Waals surface area contributed by atoms with E-state index in [0.29, 0.717) is 47.1 Å². The number of likely N-dealkylation sites (N-methyl/N-ethyl adjacent to an activating group) is 1. The number of carbonyl (C=O) groups is 3. The summed E-state index contributed by atoms with van der Waals surface area (Å²) in [6.45, 7) is 2.78. The van der Waals surface area contributed by atoms with Crippen molar-refractivity contribution in [1.82, 2.24) is 4.58 Å². The number of fused-ring (bicyclic) bond motifs is 2. The molecule has 0 bridgehead atoms. The van der Waals surface area contributed by atoms with Crippen LogP contribution in [0.25, 0.3) is 33.4 Å². The van der Waals surface area contributed by atoms with E-state index in [-0.39, 0.29) is 23.9 Å². The first-order valence-corrected chi connectivity index (χ1v) is 15.8. The minimum atomic E-state index is -1.24. The van der Waals surface area contributed by atoms with Crippen LogP contribution in [-0.2, 0) is 9.59 Å². The van der Waals surface area contributed by atoms with Crippen LogP contribution in [0.15, 0.2) is 83.3 Å². The Hall–Kier alpha value is -5.84. The topological polar surface area (TPSA) is 138 Å². The van der Waals surface area contributed by atoms with Crippen LogP contribution >= 0.6 is 0 Å². The first-order valence-electron chi connectivity index (χ1n) is 15.8. The van der Waals surface area contributed by atoms with Gasteiger partial charge in [-0.1, -0.05) is 24.3 Å². The Labute approximate surface area is 276 Å². The van der Waals surface area contributed by atoms with Gasteiger partial charge >= 0.3 is 5.97 Å². The van der Waals surface area contributed by atoms with Gasteiger partial charge in [-0.2, -0.15) is 0 Å². The fraction of sp³-hybridized carbons (Fsp3) is 0.243. The summed E-state index contributed by atoms with van der Waals surface area (Å²) in [5, 5.41) is 25.9. The number of amides is 1. The zero-order valence-corrected chi connectivity index (χ0v) is 26.6. The van der Waals surface area contributed by atoms with Gasteiger partial charge in [0.1, 0.15) is 23.6 Å². The van der Waals surface area contributed by atoms with Crippen molar-refractivity contribution in [2.45, 2.75) is 6.42 Å². The lowest BCUT2D eigenvalue weighted by Crippen LogP contribution is -2.53. The number of hydrogen-bond donors (Lipinski definition) is 2. The SMILES string of the molecule is COc1cc(NC(=O)C2C[N+](=c3ccc4c(-c5ccccc5C(=O)[O-])c5ccc(N6CCC6)cc5oc-4c3)C2)ccc1N(C)CC(=O)O. The summed E-state index contributed by atoms with van der Waals surface area (Å²) in [5.41, 5.74) is 5.09. The van der Waals surface area contributed by atoms with Crippen LogP contribution in [0.2, 0.25) is 0 Å². The standard InChI is InChI=1S/C37H34N4O7/c1-39(21-34(42)43)30-13-8-23(16-33(30)47-2)38-36(44)22-19-41(20-22)25-10-12-29-32(18-25)48-31-17-24(40-14-5-15-40)9-11-28(31)35(29)26-6-3-4-7-27(26)37(45)46/h3-4,6-13,16-18,22H,5,14-15,19-21H2,1-2H3,(H2-,38,42,43,44,45,46). The highest BCUT2D eigenvalue weighted by Gasteiger charge is 2.38. The Bertz CT molecular complexity index is 2130. The van der Waals surface area contributed by atoms with Crippen molar-refractivity contribution >= 4 is 45.9 Å². The van der Waals surface area contributed by atoms with Gasteiger partial charge in [0, 0.05) is 71.8 Å². The maximum atomic E-state index is 13.2. The molecule has 11 heteroatoms. The van der Waals surface area contributed by atoms with Gasteiger partial charge in [0.05, 0.1) is 24.8 Å². The van der Waals surface area contributed by atoms with Gasteiger partial charge in [0.25, 0.3) is 0 Å². The average molecular weight is 647 g/mol. The molecule has 2 N–H and O–H groups in total. The molecule has 4 aliphatic rings. The lowest BCUT2D eigenvalue weighted by molar-refractivity contribution is -0.254. The van der Waals surface area contributed by atoms with Crippen molar-refractivity contribution in [3.63, 3.8) is 0 Å². The quantitative estimate of drug-likeness (QED) is 0.182. The van der Waals surface area contributed by atoms with Gasteiger partial charge in [-0.25, -0.2) is 4.58 Å². The first-order chi connectivity index (χ1) is 23.2. The second-order valence-electron chi connectivity index (χ2n) is 12.2. The highest BCUT2D eigenvalue weighted by Crippen LogP contribution is 2.42. The second-order valence-corrected chi connectivity index (χ2v) is 12.2. The minimum absolute atomic E-state index is 0.110. The maximum Gasteiger partial charge on any atom is 0.323 e. The van der Waals surface area contributed by atoms with E-state index in [1.54, 1.807) is 48.3 Å².